The van der Waals surface area contributed by atoms with Crippen LogP contribution in [0.15, 0.2) is 39.0 Å². The van der Waals surface area contributed by atoms with Gasteiger partial charge < -0.3 is 9.67 Å². The number of halogens is 1. The topological polar surface area (TPSA) is 95.6 Å². The van der Waals surface area contributed by atoms with E-state index in [4.69, 9.17) is 0 Å². The molecule has 0 spiro atoms. The van der Waals surface area contributed by atoms with Crippen molar-refractivity contribution in [3.8, 4) is 5.88 Å². The lowest BCUT2D eigenvalue weighted by Crippen LogP contribution is -1.93. The minimum absolute atomic E-state index is 0.0529. The molecule has 7 nitrogen and oxygen atoms in total. The van der Waals surface area contributed by atoms with E-state index in [0.29, 0.717) is 5.39 Å². The summed E-state index contributed by atoms with van der Waals surface area (Å²) in [5.74, 6) is -0.626. The molecular weight excluding hydrogens is 350 g/mol. The maximum atomic E-state index is 11.9. The summed E-state index contributed by atoms with van der Waals surface area (Å²) in [6, 6.07) is 7.10. The van der Waals surface area contributed by atoms with Crippen LogP contribution in [0.1, 0.15) is 16.2 Å². The number of nitrogens with one attached hydrogen (secondary N) is 1. The van der Waals surface area contributed by atoms with Crippen LogP contribution in [-0.2, 0) is 7.05 Å². The van der Waals surface area contributed by atoms with Crippen molar-refractivity contribution in [3.63, 3.8) is 0 Å². The third-order valence-electron chi connectivity index (χ3n) is 3.27. The number of H-pyrrole nitrogens is 1. The number of amides is 1. The van der Waals surface area contributed by atoms with Crippen molar-refractivity contribution in [1.82, 2.24) is 14.8 Å². The van der Waals surface area contributed by atoms with Gasteiger partial charge in [0.05, 0.1) is 5.52 Å². The Morgan fingerprint density at radius 1 is 1.41 bits per heavy atom. The highest BCUT2D eigenvalue weighted by atomic mass is 79.9. The van der Waals surface area contributed by atoms with Gasteiger partial charge in [0.25, 0.3) is 0 Å². The molecule has 0 bridgehead atoms. The van der Waals surface area contributed by atoms with Crippen LogP contribution in [0.5, 0.6) is 5.88 Å². The van der Waals surface area contributed by atoms with E-state index in [1.807, 2.05) is 18.2 Å². The first kappa shape index (κ1) is 14.5. The molecule has 0 aliphatic heterocycles. The van der Waals surface area contributed by atoms with Crippen molar-refractivity contribution in [3.05, 3.63) is 40.1 Å². The van der Waals surface area contributed by atoms with Crippen LogP contribution >= 0.6 is 15.9 Å². The number of aryl methyl sites for hydroxylation is 2. The zero-order chi connectivity index (χ0) is 15.9. The summed E-state index contributed by atoms with van der Waals surface area (Å²) in [7, 11) is 1.71. The molecule has 1 amide bonds. The second-order valence-corrected chi connectivity index (χ2v) is 5.75. The number of carbonyl (C=O) groups excluding carboxylic acids is 1. The van der Waals surface area contributed by atoms with E-state index < -0.39 is 5.91 Å². The quantitative estimate of drug-likeness (QED) is 0.682. The van der Waals surface area contributed by atoms with Gasteiger partial charge in [-0.2, -0.15) is 5.10 Å². The third kappa shape index (κ3) is 2.41. The second kappa shape index (κ2) is 5.38. The number of aromatic amines is 1. The van der Waals surface area contributed by atoms with E-state index in [1.54, 1.807) is 24.6 Å². The normalized spacial score (nSPS) is 11.6. The Labute approximate surface area is 133 Å². The molecule has 2 heterocycles. The molecule has 3 aromatic rings. The zero-order valence-electron chi connectivity index (χ0n) is 11.8. The smallest absolute Gasteiger partial charge is 0.315 e. The van der Waals surface area contributed by atoms with E-state index in [2.05, 4.69) is 36.4 Å². The summed E-state index contributed by atoms with van der Waals surface area (Å²) in [6.07, 6.45) is 0. The van der Waals surface area contributed by atoms with Gasteiger partial charge in [0.2, 0.25) is 5.88 Å². The van der Waals surface area contributed by atoms with Crippen molar-refractivity contribution in [2.75, 3.05) is 0 Å². The summed E-state index contributed by atoms with van der Waals surface area (Å²) < 4.78 is 2.43. The third-order valence-corrected chi connectivity index (χ3v) is 3.76. The van der Waals surface area contributed by atoms with Crippen molar-refractivity contribution >= 4 is 38.4 Å². The van der Waals surface area contributed by atoms with Gasteiger partial charge in [-0.15, -0.1) is 10.2 Å². The van der Waals surface area contributed by atoms with Crippen molar-refractivity contribution < 1.29 is 9.90 Å². The lowest BCUT2D eigenvalue weighted by molar-refractivity contribution is 0.0990. The highest BCUT2D eigenvalue weighted by molar-refractivity contribution is 9.10. The van der Waals surface area contributed by atoms with Crippen molar-refractivity contribution in [1.29, 1.82) is 0 Å². The van der Waals surface area contributed by atoms with E-state index in [1.165, 1.54) is 0 Å². The van der Waals surface area contributed by atoms with Gasteiger partial charge in [0, 0.05) is 22.6 Å². The molecule has 0 aliphatic rings. The number of benzene rings is 1. The van der Waals surface area contributed by atoms with E-state index in [-0.39, 0.29) is 17.3 Å². The van der Waals surface area contributed by atoms with Crippen LogP contribution in [0.25, 0.3) is 10.9 Å². The number of nitrogens with zero attached hydrogens (tertiary/aromatic N) is 4. The van der Waals surface area contributed by atoms with Crippen LogP contribution in [0.3, 0.4) is 0 Å². The maximum Gasteiger partial charge on any atom is 0.315 e. The first-order valence-electron chi connectivity index (χ1n) is 6.42. The van der Waals surface area contributed by atoms with Gasteiger partial charge in [-0.25, -0.2) is 0 Å². The van der Waals surface area contributed by atoms with Gasteiger partial charge in [0.1, 0.15) is 0 Å². The highest BCUT2D eigenvalue weighted by Crippen LogP contribution is 2.39. The monoisotopic (exact) mass is 361 g/mol. The molecule has 0 unspecified atom stereocenters. The molecule has 0 fully saturated rings. The standard InChI is InChI=1S/C14H12BrN5O2/c1-7-5-10(17-16-7)13(21)19-18-12-9-6-8(15)3-4-11(9)20(2)14(12)22/h3-6,22H,1-2H3,(H,16,17). The number of aromatic hydroxyl groups is 1. The van der Waals surface area contributed by atoms with Crippen LogP contribution in [0.4, 0.5) is 5.69 Å². The molecule has 3 rings (SSSR count). The van der Waals surface area contributed by atoms with Crippen LogP contribution < -0.4 is 0 Å². The Kier molecular flexibility index (Phi) is 3.53. The summed E-state index contributed by atoms with van der Waals surface area (Å²) in [5, 5.41) is 24.9. The summed E-state index contributed by atoms with van der Waals surface area (Å²) in [4.78, 5) is 11.9. The number of carbonyl (C=O) groups is 1. The predicted molar refractivity (Wildman–Crippen MR) is 84.5 cm³/mol. The Balaban J connectivity index is 2.03. The molecule has 2 aromatic heterocycles. The molecule has 8 heteroatoms. The first-order chi connectivity index (χ1) is 10.5. The average Bonchev–Trinajstić information content (AvgIpc) is 3.01. The van der Waals surface area contributed by atoms with Gasteiger partial charge in [-0.05, 0) is 31.2 Å². The Hall–Kier alpha value is -2.48. The number of rotatable bonds is 2. The largest absolute Gasteiger partial charge is 0.493 e. The summed E-state index contributed by atoms with van der Waals surface area (Å²) in [5.41, 5.74) is 1.98. The number of hydrogen-bond acceptors (Lipinski definition) is 4. The molecule has 112 valence electrons. The van der Waals surface area contributed by atoms with Crippen LogP contribution in [0, 0.1) is 6.92 Å². The average molecular weight is 362 g/mol. The van der Waals surface area contributed by atoms with Gasteiger partial charge in [-0.1, -0.05) is 15.9 Å². The fourth-order valence-corrected chi connectivity index (χ4v) is 2.52. The van der Waals surface area contributed by atoms with E-state index in [9.17, 15) is 9.90 Å². The highest BCUT2D eigenvalue weighted by Gasteiger charge is 2.15. The predicted octanol–water partition coefficient (Wildman–Crippen LogP) is 3.60. The first-order valence-corrected chi connectivity index (χ1v) is 7.21. The molecule has 22 heavy (non-hydrogen) atoms. The fourth-order valence-electron chi connectivity index (χ4n) is 2.16. The minimum Gasteiger partial charge on any atom is -0.493 e. The number of fused-ring (bicyclic) bond motifs is 1. The van der Waals surface area contributed by atoms with Crippen molar-refractivity contribution in [2.45, 2.75) is 6.92 Å². The van der Waals surface area contributed by atoms with Gasteiger partial charge in [-0.3, -0.25) is 9.89 Å². The molecule has 0 radical (unpaired) electrons. The van der Waals surface area contributed by atoms with E-state index >= 15 is 0 Å². The molecule has 1 aromatic carbocycles. The Morgan fingerprint density at radius 3 is 2.86 bits per heavy atom. The molecular formula is C14H12BrN5O2. The summed E-state index contributed by atoms with van der Waals surface area (Å²) in [6.45, 7) is 1.79. The van der Waals surface area contributed by atoms with Crippen LogP contribution in [0.2, 0.25) is 0 Å². The second-order valence-electron chi connectivity index (χ2n) is 4.83. The Bertz CT molecular complexity index is 909. The lowest BCUT2D eigenvalue weighted by atomic mass is 10.2. The van der Waals surface area contributed by atoms with E-state index in [0.717, 1.165) is 15.7 Å². The number of azo groups is 1. The molecule has 0 saturated heterocycles. The zero-order valence-corrected chi connectivity index (χ0v) is 13.4. The minimum atomic E-state index is -0.573. The summed E-state index contributed by atoms with van der Waals surface area (Å²) >= 11 is 3.38. The molecule has 0 atom stereocenters. The SMILES string of the molecule is Cc1cc(C(=O)N=Nc2c(O)n(C)c3ccc(Br)cc23)n[nH]1. The lowest BCUT2D eigenvalue weighted by Gasteiger charge is -1.96. The molecule has 0 aliphatic carbocycles. The number of hydrogen-bond donors (Lipinski definition) is 2. The van der Waals surface area contributed by atoms with Gasteiger partial charge in [0.15, 0.2) is 11.4 Å². The maximum absolute atomic E-state index is 11.9. The fraction of sp³-hybridized carbons (Fsp3) is 0.143. The molecule has 0 saturated carbocycles. The number of aromatic nitrogens is 3. The van der Waals surface area contributed by atoms with Gasteiger partial charge >= 0.3 is 5.91 Å². The van der Waals surface area contributed by atoms with Crippen LogP contribution in [-0.4, -0.2) is 25.8 Å². The Morgan fingerprint density at radius 2 is 2.18 bits per heavy atom. The van der Waals surface area contributed by atoms with Crippen molar-refractivity contribution in [2.24, 2.45) is 17.3 Å². The molecule has 2 N–H and O–H groups in total.